The predicted octanol–water partition coefficient (Wildman–Crippen LogP) is 11.8. The van der Waals surface area contributed by atoms with Gasteiger partial charge in [0.25, 0.3) is 0 Å². The summed E-state index contributed by atoms with van der Waals surface area (Å²) in [6, 6.07) is 58.4. The molecule has 0 aliphatic heterocycles. The minimum absolute atomic E-state index is 0.0498. The number of para-hydroxylation sites is 1. The Balaban J connectivity index is 1.14. The number of aromatic nitrogens is 3. The molecule has 0 fully saturated rings. The monoisotopic (exact) mass is 771 g/mol. The molecule has 8 aromatic carbocycles. The van der Waals surface area contributed by atoms with Crippen molar-refractivity contribution in [3.63, 3.8) is 0 Å². The third kappa shape index (κ3) is 3.09. The van der Waals surface area contributed by atoms with Crippen molar-refractivity contribution in [2.24, 2.45) is 0 Å². The van der Waals surface area contributed by atoms with E-state index in [-0.39, 0.29) is 29.1 Å². The van der Waals surface area contributed by atoms with Gasteiger partial charge in [-0.3, -0.25) is 4.57 Å². The minimum atomic E-state index is -0.197. The van der Waals surface area contributed by atoms with Crippen LogP contribution in [0.3, 0.4) is 0 Å². The van der Waals surface area contributed by atoms with E-state index in [4.69, 9.17) is 4.98 Å². The number of hydrogen-bond donors (Lipinski definition) is 0. The first kappa shape index (κ1) is 31.0. The summed E-state index contributed by atoms with van der Waals surface area (Å²) in [4.78, 5) is 5.33. The van der Waals surface area contributed by atoms with Crippen LogP contribution in [-0.4, -0.2) is 14.0 Å². The highest BCUT2D eigenvalue weighted by atomic mass is 15.1. The van der Waals surface area contributed by atoms with Crippen molar-refractivity contribution in [2.75, 3.05) is 0 Å². The van der Waals surface area contributed by atoms with Gasteiger partial charge in [0, 0.05) is 56.3 Å². The molecule has 6 aliphatic carbocycles. The second-order valence-electron chi connectivity index (χ2n) is 17.8. The topological polar surface area (TPSA) is 69.8 Å². The van der Waals surface area contributed by atoms with E-state index in [2.05, 4.69) is 167 Å². The van der Waals surface area contributed by atoms with Gasteiger partial charge in [0.05, 0.1) is 50.8 Å². The fraction of sp³-hybridized carbons (Fsp3) is 0.0893. The van der Waals surface area contributed by atoms with Crippen LogP contribution in [0.1, 0.15) is 102 Å². The molecule has 3 unspecified atom stereocenters. The zero-order valence-corrected chi connectivity index (χ0v) is 32.5. The molecule has 3 aromatic heterocycles. The fourth-order valence-electron chi connectivity index (χ4n) is 14.0. The Morgan fingerprint density at radius 3 is 1.64 bits per heavy atom. The first-order valence-corrected chi connectivity index (χ1v) is 21.2. The van der Waals surface area contributed by atoms with Gasteiger partial charge in [0.15, 0.2) is 0 Å². The van der Waals surface area contributed by atoms with Gasteiger partial charge in [0.1, 0.15) is 6.33 Å². The lowest BCUT2D eigenvalue weighted by Gasteiger charge is -2.58. The third-order valence-corrected chi connectivity index (χ3v) is 15.8. The predicted molar refractivity (Wildman–Crippen MR) is 237 cm³/mol. The summed E-state index contributed by atoms with van der Waals surface area (Å²) in [5.41, 5.74) is 22.9. The average Bonchev–Trinajstić information content (AvgIpc) is 4.03. The number of rotatable bonds is 1. The Kier molecular flexibility index (Phi) is 5.11. The number of fused-ring (bicyclic) bond motifs is 16. The number of nitrogens with zero attached hydrogens (tertiary/aromatic N) is 5. The van der Waals surface area contributed by atoms with Crippen LogP contribution in [0.4, 0.5) is 0 Å². The molecule has 17 rings (SSSR count). The molecule has 0 N–H and O–H groups in total. The smallest absolute Gasteiger partial charge is 0.100 e. The standard InChI is InChI=1S/C56H29N5/c57-25-28-22-41-48(49-43(28)45-31-14-4-6-16-33(31)46(49)34-17-7-5-15-32(34)45)51-54-42(60(27-59-54)30-12-2-1-3-13-30)24-37-47-40(61(41)55(37)51)23-29(26-58)44-50(47)53-36-19-9-11-21-39(36)56(53)38-20-10-8-18-35(38)52(44)56/h1-24,27,45-46,52-53H. The second kappa shape index (κ2) is 10.1. The van der Waals surface area contributed by atoms with Crippen LogP contribution >= 0.6 is 0 Å². The maximum Gasteiger partial charge on any atom is 0.100 e. The summed E-state index contributed by atoms with van der Waals surface area (Å²) >= 11 is 0. The van der Waals surface area contributed by atoms with Crippen molar-refractivity contribution in [3.05, 3.63) is 230 Å². The summed E-state index contributed by atoms with van der Waals surface area (Å²) in [6.07, 6.45) is 1.99. The molecule has 6 aliphatic rings. The molecule has 5 nitrogen and oxygen atoms in total. The van der Waals surface area contributed by atoms with Gasteiger partial charge in [0.2, 0.25) is 0 Å². The lowest BCUT2D eigenvalue weighted by Crippen LogP contribution is -2.52. The van der Waals surface area contributed by atoms with E-state index in [1.165, 1.54) is 72.0 Å². The van der Waals surface area contributed by atoms with Gasteiger partial charge >= 0.3 is 0 Å². The van der Waals surface area contributed by atoms with Crippen LogP contribution in [0.2, 0.25) is 0 Å². The molecule has 11 aromatic rings. The summed E-state index contributed by atoms with van der Waals surface area (Å²) in [6.45, 7) is 0. The Labute approximate surface area is 348 Å². The summed E-state index contributed by atoms with van der Waals surface area (Å²) < 4.78 is 4.66. The first-order valence-electron chi connectivity index (χ1n) is 21.2. The van der Waals surface area contributed by atoms with Crippen molar-refractivity contribution in [1.29, 1.82) is 10.5 Å². The van der Waals surface area contributed by atoms with Gasteiger partial charge < -0.3 is 4.40 Å². The zero-order chi connectivity index (χ0) is 39.6. The van der Waals surface area contributed by atoms with E-state index in [1.807, 2.05) is 6.33 Å². The molecule has 3 atom stereocenters. The molecule has 3 heterocycles. The number of hydrogen-bond acceptors (Lipinski definition) is 3. The number of imidazole rings is 1. The highest BCUT2D eigenvalue weighted by molar-refractivity contribution is 6.32. The van der Waals surface area contributed by atoms with Crippen LogP contribution in [0.15, 0.2) is 152 Å². The summed E-state index contributed by atoms with van der Waals surface area (Å²) in [7, 11) is 0. The fourth-order valence-corrected chi connectivity index (χ4v) is 14.0. The largest absolute Gasteiger partial charge is 0.308 e. The molecular weight excluding hydrogens is 743 g/mol. The lowest BCUT2D eigenvalue weighted by molar-refractivity contribution is 0.333. The quantitative estimate of drug-likeness (QED) is 0.167. The molecule has 0 amide bonds. The van der Waals surface area contributed by atoms with Gasteiger partial charge in [-0.2, -0.15) is 10.5 Å². The van der Waals surface area contributed by atoms with Gasteiger partial charge in [-0.25, -0.2) is 4.98 Å². The first-order chi connectivity index (χ1) is 30.2. The van der Waals surface area contributed by atoms with Crippen molar-refractivity contribution in [2.45, 2.75) is 29.1 Å². The molecule has 1 spiro atoms. The maximum atomic E-state index is 11.3. The van der Waals surface area contributed by atoms with Crippen molar-refractivity contribution in [3.8, 4) is 17.8 Å². The van der Waals surface area contributed by atoms with Gasteiger partial charge in [-0.05, 0) is 97.1 Å². The van der Waals surface area contributed by atoms with Crippen molar-refractivity contribution < 1.29 is 0 Å². The molecule has 61 heavy (non-hydrogen) atoms. The number of benzene rings is 8. The molecule has 278 valence electrons. The molecule has 0 saturated carbocycles. The summed E-state index contributed by atoms with van der Waals surface area (Å²) in [5.74, 6) is 0.122. The molecule has 0 radical (unpaired) electrons. The Bertz CT molecular complexity index is 3950. The lowest BCUT2D eigenvalue weighted by atomic mass is 9.43. The summed E-state index contributed by atoms with van der Waals surface area (Å²) in [5, 5.41) is 27.2. The van der Waals surface area contributed by atoms with E-state index < -0.39 is 0 Å². The minimum Gasteiger partial charge on any atom is -0.308 e. The zero-order valence-electron chi connectivity index (χ0n) is 32.5. The normalized spacial score (nSPS) is 21.5. The van der Waals surface area contributed by atoms with Crippen LogP contribution in [0.25, 0.3) is 54.8 Å². The van der Waals surface area contributed by atoms with E-state index in [9.17, 15) is 10.5 Å². The van der Waals surface area contributed by atoms with E-state index in [0.717, 1.165) is 55.2 Å². The third-order valence-electron chi connectivity index (χ3n) is 15.8. The van der Waals surface area contributed by atoms with Crippen LogP contribution in [0.5, 0.6) is 0 Å². The van der Waals surface area contributed by atoms with E-state index >= 15 is 0 Å². The highest BCUT2D eigenvalue weighted by Gasteiger charge is 2.70. The van der Waals surface area contributed by atoms with Crippen molar-refractivity contribution in [1.82, 2.24) is 14.0 Å². The Morgan fingerprint density at radius 2 is 1.02 bits per heavy atom. The maximum absolute atomic E-state index is 11.3. The second-order valence-corrected chi connectivity index (χ2v) is 17.8. The average molecular weight is 772 g/mol. The van der Waals surface area contributed by atoms with Gasteiger partial charge in [-0.1, -0.05) is 115 Å². The number of nitriles is 2. The molecule has 2 bridgehead atoms. The van der Waals surface area contributed by atoms with E-state index in [1.54, 1.807) is 0 Å². The van der Waals surface area contributed by atoms with Crippen LogP contribution in [-0.2, 0) is 5.41 Å². The Hall–Kier alpha value is -7.99. The van der Waals surface area contributed by atoms with Crippen molar-refractivity contribution >= 4 is 49.1 Å². The highest BCUT2D eigenvalue weighted by Crippen LogP contribution is 2.78. The van der Waals surface area contributed by atoms with Crippen LogP contribution < -0.4 is 0 Å². The van der Waals surface area contributed by atoms with Gasteiger partial charge in [-0.15, -0.1) is 0 Å². The SMILES string of the molecule is N#Cc1cc2c(c3c1C1c4ccccc4C3c3ccccc31)c1c3ncn(-c4ccccc4)c3cc3c4c5c(c(C#N)cc4n2c31)C1c2ccccc2C12c1ccccc1C52. The van der Waals surface area contributed by atoms with Crippen LogP contribution in [0, 0.1) is 22.7 Å². The molecule has 5 heteroatoms. The molecule has 0 saturated heterocycles. The molecular formula is C56H29N5. The van der Waals surface area contributed by atoms with E-state index in [0.29, 0.717) is 5.56 Å². The Morgan fingerprint density at radius 1 is 0.492 bits per heavy atom.